The zero-order valence-electron chi connectivity index (χ0n) is 39.9. The first-order valence-corrected chi connectivity index (χ1v) is 24.2. The average Bonchev–Trinajstić information content (AvgIpc) is 3.99. The van der Waals surface area contributed by atoms with Crippen LogP contribution in [0.4, 0.5) is 0 Å². The van der Waals surface area contributed by atoms with E-state index in [0.29, 0.717) is 28.1 Å². The van der Waals surface area contributed by atoms with Crippen molar-refractivity contribution in [3.8, 4) is 63.0 Å². The van der Waals surface area contributed by atoms with Crippen LogP contribution in [0, 0.1) is 34.0 Å². The fraction of sp³-hybridized carbons (Fsp3) is 0.0152. The number of nitrogens with two attached hydrogens (primary N) is 1. The van der Waals surface area contributed by atoms with Crippen molar-refractivity contribution >= 4 is 55.3 Å². The first-order chi connectivity index (χ1) is 36.5. The van der Waals surface area contributed by atoms with Crippen LogP contribution in [0.3, 0.4) is 0 Å². The molecule has 2 N–H and O–H groups in total. The van der Waals surface area contributed by atoms with E-state index in [-0.39, 0.29) is 12.4 Å². The van der Waals surface area contributed by atoms with Crippen LogP contribution < -0.4 is 5.73 Å². The normalized spacial score (nSPS) is 11.7. The van der Waals surface area contributed by atoms with Gasteiger partial charge >= 0.3 is 0 Å². The number of nitriles is 3. The molecule has 2 aromatic heterocycles. The zero-order valence-corrected chi connectivity index (χ0v) is 39.9. The molecular weight excluding hydrogens is 905 g/mol. The summed E-state index contributed by atoms with van der Waals surface area (Å²) >= 11 is 0. The first-order valence-electron chi connectivity index (χ1n) is 24.2. The molecule has 12 rings (SSSR count). The molecule has 2 heterocycles. The van der Waals surface area contributed by atoms with Crippen LogP contribution in [0.15, 0.2) is 241 Å². The Morgan fingerprint density at radius 2 is 0.811 bits per heavy atom. The minimum Gasteiger partial charge on any atom is -0.383 e. The number of amidine groups is 2. The van der Waals surface area contributed by atoms with Crippen LogP contribution >= 0.6 is 0 Å². The summed E-state index contributed by atoms with van der Waals surface area (Å²) in [5.41, 5.74) is 23.1. The molecule has 8 nitrogen and oxygen atoms in total. The van der Waals surface area contributed by atoms with E-state index in [1.807, 2.05) is 121 Å². The summed E-state index contributed by atoms with van der Waals surface area (Å²) in [7, 11) is 0. The highest BCUT2D eigenvalue weighted by Gasteiger charge is 2.20. The minimum atomic E-state index is 0.242. The van der Waals surface area contributed by atoms with Gasteiger partial charge in [0.25, 0.3) is 0 Å². The molecule has 0 spiro atoms. The molecular formula is C66H42N8. The van der Waals surface area contributed by atoms with Crippen molar-refractivity contribution in [2.45, 2.75) is 6.54 Å². The standard InChI is InChI=1S/C66H42N8/c67-39-43-23-25-46(26-24-43)47-27-29-48(30-28-47)66(71-42-53-32-31-51(49-13-9-11-44(35-49)40-68)37-63(53)73-59-19-5-1-15-54(59)55-16-2-6-20-60(55)73)72-65(70)58-34-33-52(50-14-10-12-45(36-50)41-69)38-64(58)74-61-21-7-3-17-56(61)57-18-4-8-22-62(57)74/h1-38H,42H2,(H2,70,71,72). The van der Waals surface area contributed by atoms with Gasteiger partial charge < -0.3 is 14.9 Å². The van der Waals surface area contributed by atoms with Crippen molar-refractivity contribution in [3.63, 3.8) is 0 Å². The van der Waals surface area contributed by atoms with Crippen molar-refractivity contribution < 1.29 is 0 Å². The fourth-order valence-corrected chi connectivity index (χ4v) is 10.2. The van der Waals surface area contributed by atoms with Gasteiger partial charge in [0.05, 0.1) is 74.9 Å². The lowest BCUT2D eigenvalue weighted by Gasteiger charge is -2.17. The topological polar surface area (TPSA) is 132 Å². The van der Waals surface area contributed by atoms with Crippen molar-refractivity contribution in [2.75, 3.05) is 0 Å². The van der Waals surface area contributed by atoms with E-state index in [4.69, 9.17) is 15.7 Å². The van der Waals surface area contributed by atoms with E-state index in [1.54, 1.807) is 0 Å². The van der Waals surface area contributed by atoms with Gasteiger partial charge in [0.15, 0.2) is 5.84 Å². The summed E-state index contributed by atoms with van der Waals surface area (Å²) in [5, 5.41) is 33.7. The molecule has 0 saturated heterocycles. The monoisotopic (exact) mass is 946 g/mol. The Balaban J connectivity index is 1.06. The van der Waals surface area contributed by atoms with E-state index in [0.717, 1.165) is 99.5 Å². The van der Waals surface area contributed by atoms with E-state index in [9.17, 15) is 15.8 Å². The molecule has 0 aliphatic heterocycles. The van der Waals surface area contributed by atoms with Crippen molar-refractivity contribution in [1.82, 2.24) is 9.13 Å². The second-order valence-electron chi connectivity index (χ2n) is 18.1. The number of aromatic nitrogens is 2. The lowest BCUT2D eigenvalue weighted by atomic mass is 9.99. The van der Waals surface area contributed by atoms with Crippen LogP contribution in [0.25, 0.3) is 88.4 Å². The second kappa shape index (κ2) is 19.0. The first kappa shape index (κ1) is 44.6. The smallest absolute Gasteiger partial charge is 0.157 e. The Hall–Kier alpha value is -10.6. The van der Waals surface area contributed by atoms with Crippen LogP contribution in [0.1, 0.15) is 33.4 Å². The maximum Gasteiger partial charge on any atom is 0.157 e. The van der Waals surface area contributed by atoms with E-state index in [2.05, 4.69) is 137 Å². The molecule has 0 fully saturated rings. The summed E-state index contributed by atoms with van der Waals surface area (Å²) < 4.78 is 4.55. The molecule has 0 atom stereocenters. The third kappa shape index (κ3) is 8.09. The maximum atomic E-state index is 9.86. The second-order valence-corrected chi connectivity index (χ2v) is 18.1. The number of nitrogens with zero attached hydrogens (tertiary/aromatic N) is 7. The van der Waals surface area contributed by atoms with Gasteiger partial charge in [-0.2, -0.15) is 15.8 Å². The number of rotatable bonds is 9. The largest absolute Gasteiger partial charge is 0.383 e. The third-order valence-electron chi connectivity index (χ3n) is 13.8. The highest BCUT2D eigenvalue weighted by molar-refractivity contribution is 6.15. The number of hydrogen-bond donors (Lipinski definition) is 1. The molecule has 0 aliphatic carbocycles. The number of aliphatic imine (C=N–C) groups is 2. The molecule has 0 bridgehead atoms. The van der Waals surface area contributed by atoms with E-state index < -0.39 is 0 Å². The van der Waals surface area contributed by atoms with Gasteiger partial charge in [-0.05, 0) is 118 Å². The van der Waals surface area contributed by atoms with Crippen LogP contribution in [0.5, 0.6) is 0 Å². The predicted octanol–water partition coefficient (Wildman–Crippen LogP) is 14.8. The molecule has 0 unspecified atom stereocenters. The lowest BCUT2D eigenvalue weighted by Crippen LogP contribution is -2.19. The molecule has 0 aliphatic rings. The Kier molecular flexibility index (Phi) is 11.4. The van der Waals surface area contributed by atoms with E-state index in [1.165, 1.54) is 0 Å². The quantitative estimate of drug-likeness (QED) is 0.114. The van der Waals surface area contributed by atoms with Gasteiger partial charge in [-0.25, -0.2) is 4.99 Å². The third-order valence-corrected chi connectivity index (χ3v) is 13.8. The van der Waals surface area contributed by atoms with Crippen LogP contribution in [-0.4, -0.2) is 20.8 Å². The molecule has 0 saturated carbocycles. The van der Waals surface area contributed by atoms with E-state index >= 15 is 0 Å². The summed E-state index contributed by atoms with van der Waals surface area (Å²) in [6.45, 7) is 0.242. The lowest BCUT2D eigenvalue weighted by molar-refractivity contribution is 1.02. The highest BCUT2D eigenvalue weighted by Crippen LogP contribution is 2.37. The predicted molar refractivity (Wildman–Crippen MR) is 299 cm³/mol. The SMILES string of the molecule is N#Cc1ccc(-c2ccc(C(=N/Cc3ccc(-c4cccc(C#N)c4)cc3-n3c4ccccc4c4ccccc43)/N=C(\N)c3ccc(-c4cccc(C#N)c4)cc3-n3c4ccccc4c4ccccc43)cc2)cc1. The van der Waals surface area contributed by atoms with Gasteiger partial charge in [-0.1, -0.05) is 152 Å². The molecule has 8 heteroatoms. The summed E-state index contributed by atoms with van der Waals surface area (Å²) in [6, 6.07) is 84.0. The van der Waals surface area contributed by atoms with Crippen LogP contribution in [0.2, 0.25) is 0 Å². The number of para-hydroxylation sites is 4. The Labute approximate surface area is 427 Å². The summed E-state index contributed by atoms with van der Waals surface area (Å²) in [6.07, 6.45) is 0. The Bertz CT molecular complexity index is 4270. The van der Waals surface area contributed by atoms with Crippen molar-refractivity contribution in [3.05, 3.63) is 264 Å². The number of benzene rings is 10. The number of hydrogen-bond acceptors (Lipinski definition) is 4. The summed E-state index contributed by atoms with van der Waals surface area (Å²) in [5.74, 6) is 0.705. The summed E-state index contributed by atoms with van der Waals surface area (Å²) in [4.78, 5) is 10.7. The van der Waals surface area contributed by atoms with Gasteiger partial charge in [0.1, 0.15) is 5.84 Å². The van der Waals surface area contributed by atoms with Crippen molar-refractivity contribution in [2.24, 2.45) is 15.7 Å². The van der Waals surface area contributed by atoms with Gasteiger partial charge in [-0.15, -0.1) is 0 Å². The Morgan fingerprint density at radius 1 is 0.392 bits per heavy atom. The molecule has 0 radical (unpaired) electrons. The molecule has 12 aromatic rings. The number of fused-ring (bicyclic) bond motifs is 6. The van der Waals surface area contributed by atoms with Crippen molar-refractivity contribution in [1.29, 1.82) is 15.8 Å². The Morgan fingerprint density at radius 3 is 1.31 bits per heavy atom. The average molecular weight is 947 g/mol. The minimum absolute atomic E-state index is 0.242. The van der Waals surface area contributed by atoms with Gasteiger partial charge in [-0.3, -0.25) is 4.99 Å². The molecule has 10 aromatic carbocycles. The highest BCUT2D eigenvalue weighted by atomic mass is 15.0. The molecule has 346 valence electrons. The molecule has 74 heavy (non-hydrogen) atoms. The maximum absolute atomic E-state index is 9.86. The van der Waals surface area contributed by atoms with Gasteiger partial charge in [0, 0.05) is 32.7 Å². The fourth-order valence-electron chi connectivity index (χ4n) is 10.2. The zero-order chi connectivity index (χ0) is 50.1. The van der Waals surface area contributed by atoms with Gasteiger partial charge in [0.2, 0.25) is 0 Å². The van der Waals surface area contributed by atoms with Crippen LogP contribution in [-0.2, 0) is 6.54 Å². The molecule has 0 amide bonds.